The lowest BCUT2D eigenvalue weighted by Crippen LogP contribution is -2.27. The highest BCUT2D eigenvalue weighted by molar-refractivity contribution is 7.19. The number of furan rings is 1. The van der Waals surface area contributed by atoms with Gasteiger partial charge in [0.1, 0.15) is 11.2 Å². The minimum Gasteiger partial charge on any atom is -0.455 e. The Balaban J connectivity index is 1.00. The number of rotatable bonds is 6. The first-order chi connectivity index (χ1) is 31.6. The van der Waals surface area contributed by atoms with Crippen LogP contribution in [0.4, 0.5) is 0 Å². The zero-order valence-corrected chi connectivity index (χ0v) is 35.8. The molecule has 4 nitrogen and oxygen atoms in total. The van der Waals surface area contributed by atoms with E-state index in [0.717, 1.165) is 67.3 Å². The lowest BCUT2D eigenvalue weighted by molar-refractivity contribution is 0.587. The van der Waals surface area contributed by atoms with Crippen LogP contribution in [0, 0.1) is 0 Å². The van der Waals surface area contributed by atoms with Gasteiger partial charge in [-0.25, -0.2) is 9.97 Å². The molecule has 0 aliphatic heterocycles. The lowest BCUT2D eigenvalue weighted by atomic mass is 9.72. The van der Waals surface area contributed by atoms with Gasteiger partial charge in [-0.15, -0.1) is 11.3 Å². The van der Waals surface area contributed by atoms with Crippen LogP contribution in [0.2, 0.25) is 0 Å². The fourth-order valence-corrected chi connectivity index (χ4v) is 11.5. The smallest absolute Gasteiger partial charge is 0.160 e. The average molecular weight is 838 g/mol. The molecule has 302 valence electrons. The lowest BCUT2D eigenvalue weighted by Gasteiger charge is -2.35. The molecule has 0 saturated carbocycles. The highest BCUT2D eigenvalue weighted by Gasteiger charge is 2.39. The van der Waals surface area contributed by atoms with Crippen LogP contribution >= 0.6 is 11.3 Å². The van der Waals surface area contributed by atoms with Gasteiger partial charge in [0, 0.05) is 65.3 Å². The molecule has 12 aromatic rings. The molecule has 0 spiro atoms. The summed E-state index contributed by atoms with van der Waals surface area (Å²) in [5.74, 6) is 0.708. The van der Waals surface area contributed by atoms with Gasteiger partial charge < -0.3 is 8.98 Å². The van der Waals surface area contributed by atoms with E-state index in [1.165, 1.54) is 53.8 Å². The van der Waals surface area contributed by atoms with Gasteiger partial charge in [0.05, 0.1) is 27.8 Å². The molecule has 8 aromatic carbocycles. The summed E-state index contributed by atoms with van der Waals surface area (Å²) in [6, 6.07) is 71.4. The number of benzene rings is 8. The summed E-state index contributed by atoms with van der Waals surface area (Å²) in [4.78, 5) is 11.7. The Morgan fingerprint density at radius 2 is 1.12 bits per heavy atom. The van der Waals surface area contributed by atoms with Crippen LogP contribution < -0.4 is 0 Å². The molecule has 1 aliphatic carbocycles. The normalized spacial score (nSPS) is 15.0. The fourth-order valence-electron chi connectivity index (χ4n) is 10.1. The molecule has 1 unspecified atom stereocenters. The molecule has 0 fully saturated rings. The maximum atomic E-state index is 6.77. The van der Waals surface area contributed by atoms with Crippen LogP contribution in [0.5, 0.6) is 0 Å². The molecule has 5 heteroatoms. The van der Waals surface area contributed by atoms with E-state index in [-0.39, 0.29) is 5.41 Å². The van der Waals surface area contributed by atoms with Crippen molar-refractivity contribution in [2.75, 3.05) is 0 Å². The van der Waals surface area contributed by atoms with Crippen molar-refractivity contribution >= 4 is 76.9 Å². The van der Waals surface area contributed by atoms with E-state index in [0.29, 0.717) is 5.82 Å². The van der Waals surface area contributed by atoms with Crippen molar-refractivity contribution in [1.29, 1.82) is 0 Å². The van der Waals surface area contributed by atoms with Gasteiger partial charge in [-0.2, -0.15) is 0 Å². The van der Waals surface area contributed by atoms with Crippen LogP contribution in [0.25, 0.3) is 111 Å². The Morgan fingerprint density at radius 3 is 1.84 bits per heavy atom. The van der Waals surface area contributed by atoms with Gasteiger partial charge in [0.25, 0.3) is 0 Å². The minimum atomic E-state index is -0.354. The molecule has 0 radical (unpaired) electrons. The number of para-hydroxylation sites is 1. The van der Waals surface area contributed by atoms with Crippen molar-refractivity contribution in [3.8, 4) is 45.0 Å². The number of thiophene rings is 1. The van der Waals surface area contributed by atoms with Gasteiger partial charge in [-0.3, -0.25) is 0 Å². The molecule has 1 atom stereocenters. The molecule has 4 heterocycles. The fraction of sp³-hybridized carbons (Fsp3) is 0.0508. The first-order valence-electron chi connectivity index (χ1n) is 21.9. The van der Waals surface area contributed by atoms with Crippen LogP contribution in [-0.4, -0.2) is 14.5 Å². The maximum absolute atomic E-state index is 6.77. The molecule has 64 heavy (non-hydrogen) atoms. The Labute approximate surface area is 374 Å². The highest BCUT2D eigenvalue weighted by atomic mass is 32.1. The Bertz CT molecular complexity index is 3750. The number of hydrogen-bond acceptors (Lipinski definition) is 4. The maximum Gasteiger partial charge on any atom is 0.160 e. The number of aromatic nitrogens is 3. The predicted molar refractivity (Wildman–Crippen MR) is 268 cm³/mol. The van der Waals surface area contributed by atoms with Crippen molar-refractivity contribution in [3.63, 3.8) is 0 Å². The zero-order valence-electron chi connectivity index (χ0n) is 35.0. The molecular formula is C59H39N3OS. The van der Waals surface area contributed by atoms with Crippen LogP contribution in [0.3, 0.4) is 0 Å². The van der Waals surface area contributed by atoms with Crippen molar-refractivity contribution in [2.24, 2.45) is 0 Å². The van der Waals surface area contributed by atoms with Crippen LogP contribution in [-0.2, 0) is 5.41 Å². The molecule has 13 rings (SSSR count). The summed E-state index contributed by atoms with van der Waals surface area (Å²) in [6.07, 6.45) is 3.26. The van der Waals surface area contributed by atoms with E-state index in [1.807, 2.05) is 23.5 Å². The van der Waals surface area contributed by atoms with Crippen LogP contribution in [0.15, 0.2) is 205 Å². The molecular weight excluding hydrogens is 799 g/mol. The Hall–Kier alpha value is -7.86. The van der Waals surface area contributed by atoms with Gasteiger partial charge in [0.2, 0.25) is 0 Å². The molecule has 0 amide bonds. The topological polar surface area (TPSA) is 43.9 Å². The second-order valence-electron chi connectivity index (χ2n) is 17.1. The van der Waals surface area contributed by atoms with E-state index in [9.17, 15) is 0 Å². The first kappa shape index (κ1) is 36.8. The summed E-state index contributed by atoms with van der Waals surface area (Å²) in [7, 11) is 0. The molecule has 4 aromatic heterocycles. The molecule has 0 N–H and O–H groups in total. The third-order valence-electron chi connectivity index (χ3n) is 13.3. The van der Waals surface area contributed by atoms with E-state index in [2.05, 4.69) is 206 Å². The second-order valence-corrected chi connectivity index (χ2v) is 18.2. The zero-order chi connectivity index (χ0) is 42.4. The van der Waals surface area contributed by atoms with E-state index < -0.39 is 0 Å². The van der Waals surface area contributed by atoms with Gasteiger partial charge in [-0.05, 0) is 64.7 Å². The molecule has 1 aliphatic rings. The highest BCUT2D eigenvalue weighted by Crippen LogP contribution is 2.53. The Morgan fingerprint density at radius 1 is 0.516 bits per heavy atom. The third-order valence-corrected chi connectivity index (χ3v) is 14.7. The summed E-state index contributed by atoms with van der Waals surface area (Å²) in [5, 5.41) is 5.88. The summed E-state index contributed by atoms with van der Waals surface area (Å²) in [6.45, 7) is 2.43. The van der Waals surface area contributed by atoms with Crippen LogP contribution in [0.1, 0.15) is 29.3 Å². The van der Waals surface area contributed by atoms with Gasteiger partial charge in [-0.1, -0.05) is 171 Å². The quantitative estimate of drug-likeness (QED) is 0.168. The summed E-state index contributed by atoms with van der Waals surface area (Å²) in [5.41, 5.74) is 14.9. The van der Waals surface area contributed by atoms with Crippen molar-refractivity contribution < 1.29 is 4.42 Å². The van der Waals surface area contributed by atoms with Gasteiger partial charge in [0.15, 0.2) is 5.82 Å². The van der Waals surface area contributed by atoms with E-state index >= 15 is 0 Å². The minimum absolute atomic E-state index is 0.354. The first-order valence-corrected chi connectivity index (χ1v) is 22.7. The van der Waals surface area contributed by atoms with E-state index in [1.54, 1.807) is 0 Å². The third kappa shape index (κ3) is 5.74. The van der Waals surface area contributed by atoms with Crippen molar-refractivity contribution in [2.45, 2.75) is 18.8 Å². The monoisotopic (exact) mass is 837 g/mol. The number of fused-ring (bicyclic) bond motifs is 10. The van der Waals surface area contributed by atoms with Crippen molar-refractivity contribution in [3.05, 3.63) is 216 Å². The van der Waals surface area contributed by atoms with Crippen molar-refractivity contribution in [1.82, 2.24) is 14.5 Å². The summed E-state index contributed by atoms with van der Waals surface area (Å²) < 4.78 is 10.6. The van der Waals surface area contributed by atoms with E-state index in [4.69, 9.17) is 14.4 Å². The number of hydrogen-bond donors (Lipinski definition) is 0. The van der Waals surface area contributed by atoms with Gasteiger partial charge >= 0.3 is 0 Å². The largest absolute Gasteiger partial charge is 0.455 e. The molecule has 0 bridgehead atoms. The SMILES string of the molecule is CC1(c2ccc(-c3nc(-c4ccccc4)cc(-c4ccccc4)n3)cc2)CC(n2c3cc(-c4ccccc4)ccc3c3c4oc5ccccc5c4ccc32)=Cc2c1sc1ccccc21. The number of nitrogens with zero attached hydrogens (tertiary/aromatic N) is 3. The standard InChI is InChI=1S/C59H39N3OS/c1-59(42-28-25-40(26-29-42)58-60-49(38-17-7-3-8-18-38)35-50(61-58)39-19-9-4-10-20-39)36-43(34-48-45-22-12-14-24-54(45)64-57(48)59)62-51-32-31-46-44-21-11-13-23-53(44)63-56(46)55(51)47-30-27-41(33-52(47)62)37-15-5-2-6-16-37/h2-35H,36H2,1H3. The Kier molecular flexibility index (Phi) is 8.24. The number of allylic oxidation sites excluding steroid dienone is 1. The average Bonchev–Trinajstić information content (AvgIpc) is 4.04. The second kappa shape index (κ2) is 14.3. The summed E-state index contributed by atoms with van der Waals surface area (Å²) >= 11 is 1.92. The predicted octanol–water partition coefficient (Wildman–Crippen LogP) is 16.1. The molecule has 0 saturated heterocycles.